The molecule has 0 radical (unpaired) electrons. The third-order valence-electron chi connectivity index (χ3n) is 4.28. The van der Waals surface area contributed by atoms with Gasteiger partial charge in [-0.15, -0.1) is 0 Å². The number of carboxylic acid groups (broad SMARTS) is 1. The fourth-order valence-corrected chi connectivity index (χ4v) is 3.93. The van der Waals surface area contributed by atoms with E-state index in [-0.39, 0.29) is 18.0 Å². The van der Waals surface area contributed by atoms with E-state index in [2.05, 4.69) is 12.2 Å². The summed E-state index contributed by atoms with van der Waals surface area (Å²) in [5.41, 5.74) is 2.67. The fraction of sp³-hybridized carbons (Fsp3) is 0.143. The van der Waals surface area contributed by atoms with Crippen molar-refractivity contribution in [3.8, 4) is 0 Å². The minimum Gasteiger partial charge on any atom is -0.478 e. The Kier molecular flexibility index (Phi) is 6.46. The van der Waals surface area contributed by atoms with Gasteiger partial charge in [0.05, 0.1) is 10.5 Å². The lowest BCUT2D eigenvalue weighted by atomic mass is 10.1. The van der Waals surface area contributed by atoms with Crippen LogP contribution in [0.25, 0.3) is 6.08 Å². The second kappa shape index (κ2) is 9.02. The van der Waals surface area contributed by atoms with E-state index in [0.29, 0.717) is 14.9 Å². The highest BCUT2D eigenvalue weighted by atomic mass is 32.2. The van der Waals surface area contributed by atoms with Crippen molar-refractivity contribution in [1.29, 1.82) is 0 Å². The molecule has 1 aliphatic heterocycles. The highest BCUT2D eigenvalue weighted by molar-refractivity contribution is 8.26. The number of rotatable bonds is 6. The molecule has 0 unspecified atom stereocenters. The summed E-state index contributed by atoms with van der Waals surface area (Å²) in [6.07, 6.45) is 2.71. The number of hydrogen-bond donors (Lipinski definition) is 2. The molecule has 1 aliphatic rings. The van der Waals surface area contributed by atoms with Gasteiger partial charge >= 0.3 is 5.97 Å². The van der Waals surface area contributed by atoms with Gasteiger partial charge in [0, 0.05) is 5.69 Å². The molecule has 2 amide bonds. The zero-order valence-electron chi connectivity index (χ0n) is 15.5. The van der Waals surface area contributed by atoms with E-state index >= 15 is 0 Å². The first-order valence-corrected chi connectivity index (χ1v) is 10.1. The minimum absolute atomic E-state index is 0.122. The van der Waals surface area contributed by atoms with Crippen molar-refractivity contribution in [2.45, 2.75) is 13.3 Å². The van der Waals surface area contributed by atoms with Gasteiger partial charge in [0.1, 0.15) is 10.9 Å². The lowest BCUT2D eigenvalue weighted by molar-refractivity contribution is -0.126. The Labute approximate surface area is 177 Å². The summed E-state index contributed by atoms with van der Waals surface area (Å²) in [7, 11) is 0. The van der Waals surface area contributed by atoms with Gasteiger partial charge in [-0.05, 0) is 47.9 Å². The number of benzene rings is 2. The van der Waals surface area contributed by atoms with Gasteiger partial charge in [0.25, 0.3) is 5.91 Å². The summed E-state index contributed by atoms with van der Waals surface area (Å²) in [6, 6.07) is 13.7. The predicted octanol–water partition coefficient (Wildman–Crippen LogP) is 3.79. The number of anilines is 1. The fourth-order valence-electron chi connectivity index (χ4n) is 2.68. The van der Waals surface area contributed by atoms with Gasteiger partial charge in [-0.3, -0.25) is 14.5 Å². The van der Waals surface area contributed by atoms with Crippen molar-refractivity contribution in [3.05, 3.63) is 70.1 Å². The number of nitrogens with one attached hydrogen (secondary N) is 1. The molecule has 29 heavy (non-hydrogen) atoms. The molecule has 0 bridgehead atoms. The highest BCUT2D eigenvalue weighted by Crippen LogP contribution is 2.32. The summed E-state index contributed by atoms with van der Waals surface area (Å²) in [5.74, 6) is -1.77. The molecule has 0 aromatic heterocycles. The maximum Gasteiger partial charge on any atom is 0.335 e. The van der Waals surface area contributed by atoms with Crippen LogP contribution in [-0.2, 0) is 16.0 Å². The molecule has 6 nitrogen and oxygen atoms in total. The molecule has 0 spiro atoms. The minimum atomic E-state index is -1.04. The molecule has 2 N–H and O–H groups in total. The monoisotopic (exact) mass is 426 g/mol. The van der Waals surface area contributed by atoms with Gasteiger partial charge < -0.3 is 10.4 Å². The smallest absolute Gasteiger partial charge is 0.335 e. The lowest BCUT2D eigenvalue weighted by Crippen LogP contribution is -2.36. The first-order chi connectivity index (χ1) is 13.9. The Hall–Kier alpha value is -2.97. The zero-order valence-corrected chi connectivity index (χ0v) is 17.2. The van der Waals surface area contributed by atoms with E-state index in [9.17, 15) is 14.4 Å². The third kappa shape index (κ3) is 5.10. The molecule has 0 atom stereocenters. The number of aromatic carboxylic acids is 1. The number of thioether (sulfide) groups is 1. The maximum absolute atomic E-state index is 12.7. The van der Waals surface area contributed by atoms with E-state index in [0.717, 1.165) is 23.7 Å². The van der Waals surface area contributed by atoms with Crippen LogP contribution in [0, 0.1) is 0 Å². The van der Waals surface area contributed by atoms with E-state index in [4.69, 9.17) is 17.3 Å². The van der Waals surface area contributed by atoms with Crippen molar-refractivity contribution in [2.24, 2.45) is 0 Å². The van der Waals surface area contributed by atoms with Crippen LogP contribution in [0.5, 0.6) is 0 Å². The number of carboxylic acids is 1. The molecule has 3 rings (SSSR count). The van der Waals surface area contributed by atoms with Gasteiger partial charge in [0.2, 0.25) is 5.91 Å². The summed E-state index contributed by atoms with van der Waals surface area (Å²) in [6.45, 7) is 1.86. The van der Waals surface area contributed by atoms with Crippen LogP contribution in [0.2, 0.25) is 0 Å². The number of carbonyl (C=O) groups is 3. The average Bonchev–Trinajstić information content (AvgIpc) is 2.96. The van der Waals surface area contributed by atoms with Crippen LogP contribution < -0.4 is 5.32 Å². The largest absolute Gasteiger partial charge is 0.478 e. The number of hydrogen-bond acceptors (Lipinski definition) is 5. The first-order valence-electron chi connectivity index (χ1n) is 8.85. The quantitative estimate of drug-likeness (QED) is 0.540. The van der Waals surface area contributed by atoms with Crippen molar-refractivity contribution >= 4 is 57.8 Å². The van der Waals surface area contributed by atoms with E-state index in [1.807, 2.05) is 24.3 Å². The van der Waals surface area contributed by atoms with Crippen molar-refractivity contribution in [3.63, 3.8) is 0 Å². The Balaban J connectivity index is 1.65. The van der Waals surface area contributed by atoms with Crippen molar-refractivity contribution in [2.75, 3.05) is 11.9 Å². The number of thiocarbonyl (C=S) groups is 1. The standard InChI is InChI=1S/C21H18N2O4S2/c1-2-13-3-5-14(6-4-13)11-17-19(25)23(21(28)29-17)12-18(24)22-16-9-7-15(8-10-16)20(26)27/h3-11H,2,12H2,1H3,(H,22,24)(H,26,27)/b17-11+. The van der Waals surface area contributed by atoms with Crippen LogP contribution in [0.15, 0.2) is 53.4 Å². The van der Waals surface area contributed by atoms with E-state index < -0.39 is 11.9 Å². The lowest BCUT2D eigenvalue weighted by Gasteiger charge is -2.14. The molecule has 148 valence electrons. The maximum atomic E-state index is 12.7. The summed E-state index contributed by atoms with van der Waals surface area (Å²) < 4.78 is 0.322. The molecule has 2 aromatic carbocycles. The van der Waals surface area contributed by atoms with Crippen LogP contribution in [0.1, 0.15) is 28.4 Å². The second-order valence-electron chi connectivity index (χ2n) is 6.29. The molecule has 1 saturated heterocycles. The predicted molar refractivity (Wildman–Crippen MR) is 118 cm³/mol. The molecule has 2 aromatic rings. The Morgan fingerprint density at radius 2 is 1.79 bits per heavy atom. The first kappa shape index (κ1) is 20.8. The molecular weight excluding hydrogens is 408 g/mol. The SMILES string of the molecule is CCc1ccc(/C=C2/SC(=S)N(CC(=O)Nc3ccc(C(=O)O)cc3)C2=O)cc1. The number of aryl methyl sites for hydroxylation is 1. The van der Waals surface area contributed by atoms with Gasteiger partial charge in [-0.1, -0.05) is 55.2 Å². The van der Waals surface area contributed by atoms with E-state index in [1.165, 1.54) is 34.7 Å². The molecule has 0 saturated carbocycles. The number of amides is 2. The Bertz CT molecular complexity index is 998. The van der Waals surface area contributed by atoms with Crippen molar-refractivity contribution in [1.82, 2.24) is 4.90 Å². The number of nitrogens with zero attached hydrogens (tertiary/aromatic N) is 1. The summed E-state index contributed by atoms with van der Waals surface area (Å²) >= 11 is 6.42. The van der Waals surface area contributed by atoms with Gasteiger partial charge in [-0.2, -0.15) is 0 Å². The van der Waals surface area contributed by atoms with Crippen molar-refractivity contribution < 1.29 is 19.5 Å². The molecule has 1 heterocycles. The Morgan fingerprint density at radius 3 is 2.38 bits per heavy atom. The number of carbonyl (C=O) groups excluding carboxylic acids is 2. The third-order valence-corrected chi connectivity index (χ3v) is 5.65. The molecule has 1 fully saturated rings. The van der Waals surface area contributed by atoms with Crippen LogP contribution >= 0.6 is 24.0 Å². The van der Waals surface area contributed by atoms with Gasteiger partial charge in [0.15, 0.2) is 0 Å². The Morgan fingerprint density at radius 1 is 1.14 bits per heavy atom. The summed E-state index contributed by atoms with van der Waals surface area (Å²) in [5, 5.41) is 11.5. The normalized spacial score (nSPS) is 15.1. The zero-order chi connectivity index (χ0) is 21.0. The van der Waals surface area contributed by atoms with Crippen LogP contribution in [-0.4, -0.2) is 38.7 Å². The molecular formula is C21H18N2O4S2. The molecule has 8 heteroatoms. The van der Waals surface area contributed by atoms with Crippen LogP contribution in [0.4, 0.5) is 5.69 Å². The highest BCUT2D eigenvalue weighted by Gasteiger charge is 2.33. The van der Waals surface area contributed by atoms with Crippen LogP contribution in [0.3, 0.4) is 0 Å². The molecule has 0 aliphatic carbocycles. The summed E-state index contributed by atoms with van der Waals surface area (Å²) in [4.78, 5) is 37.6. The van der Waals surface area contributed by atoms with E-state index in [1.54, 1.807) is 6.08 Å². The van der Waals surface area contributed by atoms with Gasteiger partial charge in [-0.25, -0.2) is 4.79 Å². The topological polar surface area (TPSA) is 86.7 Å². The average molecular weight is 427 g/mol. The second-order valence-corrected chi connectivity index (χ2v) is 7.97.